The first kappa shape index (κ1) is 14.0. The van der Waals surface area contributed by atoms with Crippen molar-refractivity contribution in [2.24, 2.45) is 0 Å². The summed E-state index contributed by atoms with van der Waals surface area (Å²) in [6, 6.07) is 5.45. The Bertz CT molecular complexity index is 944. The average Bonchev–Trinajstić information content (AvgIpc) is 3.05. The van der Waals surface area contributed by atoms with Crippen LogP contribution in [-0.2, 0) is 6.42 Å². The van der Waals surface area contributed by atoms with Crippen molar-refractivity contribution in [1.29, 1.82) is 0 Å². The lowest BCUT2D eigenvalue weighted by Gasteiger charge is -2.14. The van der Waals surface area contributed by atoms with Gasteiger partial charge in [0, 0.05) is 41.0 Å². The summed E-state index contributed by atoms with van der Waals surface area (Å²) >= 11 is 1.40. The highest BCUT2D eigenvalue weighted by Crippen LogP contribution is 2.28. The number of carbonyl (C=O) groups is 1. The first-order chi connectivity index (χ1) is 11.2. The van der Waals surface area contributed by atoms with Crippen LogP contribution in [-0.4, -0.2) is 20.7 Å². The molecule has 6 heteroatoms. The number of hydrogen-bond acceptors (Lipinski definition) is 5. The highest BCUT2D eigenvalue weighted by Gasteiger charge is 2.21. The largest absolute Gasteiger partial charge is 0.325 e. The van der Waals surface area contributed by atoms with E-state index in [0.717, 1.165) is 29.8 Å². The van der Waals surface area contributed by atoms with E-state index in [1.165, 1.54) is 11.3 Å². The Morgan fingerprint density at radius 3 is 2.74 bits per heavy atom. The molecule has 1 aliphatic rings. The molecule has 3 aromatic heterocycles. The number of nitrogens with zero attached hydrogens (tertiary/aromatic N) is 2. The van der Waals surface area contributed by atoms with Gasteiger partial charge in [-0.2, -0.15) is 0 Å². The second-order valence-corrected chi connectivity index (χ2v) is 6.31. The standard InChI is InChI=1S/C17H13N3O2S/c21-15-3-1-2-13-11(15)8-12(16(22)19-13)17-20-14(9-23-17)10-4-6-18-7-5-10/h4-9H,1-3H2,(H,19,22). The van der Waals surface area contributed by atoms with Gasteiger partial charge in [0.1, 0.15) is 5.01 Å². The Labute approximate surface area is 136 Å². The average molecular weight is 323 g/mol. The number of ketones is 1. The third-order valence-corrected chi connectivity index (χ3v) is 4.84. The number of Topliss-reactive ketones (excluding diaryl/α,β-unsaturated/α-hetero) is 1. The van der Waals surface area contributed by atoms with Crippen molar-refractivity contribution in [3.63, 3.8) is 0 Å². The van der Waals surface area contributed by atoms with Crippen LogP contribution in [0.5, 0.6) is 0 Å². The molecule has 0 saturated heterocycles. The fraction of sp³-hybridized carbons (Fsp3) is 0.176. The molecule has 0 spiro atoms. The molecule has 0 saturated carbocycles. The minimum absolute atomic E-state index is 0.0923. The predicted molar refractivity (Wildman–Crippen MR) is 88.7 cm³/mol. The maximum Gasteiger partial charge on any atom is 0.258 e. The van der Waals surface area contributed by atoms with E-state index in [1.54, 1.807) is 18.5 Å². The van der Waals surface area contributed by atoms with Gasteiger partial charge in [0.15, 0.2) is 5.78 Å². The smallest absolute Gasteiger partial charge is 0.258 e. The van der Waals surface area contributed by atoms with E-state index < -0.39 is 0 Å². The van der Waals surface area contributed by atoms with Crippen LogP contribution in [0, 0.1) is 0 Å². The Kier molecular flexibility index (Phi) is 3.38. The molecule has 3 heterocycles. The van der Waals surface area contributed by atoms with Gasteiger partial charge in [-0.05, 0) is 31.0 Å². The zero-order chi connectivity index (χ0) is 15.8. The van der Waals surface area contributed by atoms with Crippen molar-refractivity contribution in [2.75, 3.05) is 0 Å². The van der Waals surface area contributed by atoms with Crippen LogP contribution in [0.4, 0.5) is 0 Å². The number of aryl methyl sites for hydroxylation is 1. The molecule has 0 amide bonds. The van der Waals surface area contributed by atoms with Gasteiger partial charge in [-0.3, -0.25) is 14.6 Å². The third kappa shape index (κ3) is 2.51. The fourth-order valence-electron chi connectivity index (χ4n) is 2.79. The summed E-state index contributed by atoms with van der Waals surface area (Å²) in [6.45, 7) is 0. The van der Waals surface area contributed by atoms with E-state index in [4.69, 9.17) is 0 Å². The van der Waals surface area contributed by atoms with Crippen LogP contribution >= 0.6 is 11.3 Å². The number of nitrogens with one attached hydrogen (secondary N) is 1. The maximum absolute atomic E-state index is 12.3. The van der Waals surface area contributed by atoms with E-state index in [-0.39, 0.29) is 11.3 Å². The van der Waals surface area contributed by atoms with E-state index in [0.29, 0.717) is 22.6 Å². The summed E-state index contributed by atoms with van der Waals surface area (Å²) in [5.41, 5.74) is 3.41. The van der Waals surface area contributed by atoms with Gasteiger partial charge >= 0.3 is 0 Å². The highest BCUT2D eigenvalue weighted by atomic mass is 32.1. The third-order valence-electron chi connectivity index (χ3n) is 3.96. The summed E-state index contributed by atoms with van der Waals surface area (Å²) in [7, 11) is 0. The van der Waals surface area contributed by atoms with Crippen molar-refractivity contribution < 1.29 is 4.79 Å². The molecule has 5 nitrogen and oxygen atoms in total. The van der Waals surface area contributed by atoms with Crippen LogP contribution in [0.2, 0.25) is 0 Å². The second-order valence-electron chi connectivity index (χ2n) is 5.45. The van der Waals surface area contributed by atoms with Crippen LogP contribution in [0.1, 0.15) is 28.9 Å². The number of pyridine rings is 2. The van der Waals surface area contributed by atoms with Crippen LogP contribution in [0.3, 0.4) is 0 Å². The normalized spacial score (nSPS) is 13.8. The topological polar surface area (TPSA) is 75.7 Å². The molecule has 0 aromatic carbocycles. The minimum Gasteiger partial charge on any atom is -0.325 e. The van der Waals surface area contributed by atoms with E-state index in [1.807, 2.05) is 17.5 Å². The number of aromatic nitrogens is 3. The molecule has 0 bridgehead atoms. The monoisotopic (exact) mass is 323 g/mol. The Balaban J connectivity index is 1.80. The molecule has 0 atom stereocenters. The summed E-state index contributed by atoms with van der Waals surface area (Å²) in [4.78, 5) is 35.8. The van der Waals surface area contributed by atoms with Gasteiger partial charge < -0.3 is 4.98 Å². The molecule has 0 unspecified atom stereocenters. The highest BCUT2D eigenvalue weighted by molar-refractivity contribution is 7.13. The van der Waals surface area contributed by atoms with Crippen LogP contribution in [0.15, 0.2) is 40.8 Å². The fourth-order valence-corrected chi connectivity index (χ4v) is 3.63. The number of carbonyl (C=O) groups excluding carboxylic acids is 1. The first-order valence-electron chi connectivity index (χ1n) is 7.38. The number of aromatic amines is 1. The summed E-state index contributed by atoms with van der Waals surface area (Å²) in [5, 5.41) is 2.53. The van der Waals surface area contributed by atoms with Crippen molar-refractivity contribution >= 4 is 17.1 Å². The van der Waals surface area contributed by atoms with Gasteiger partial charge in [-0.1, -0.05) is 0 Å². The molecule has 1 N–H and O–H groups in total. The van der Waals surface area contributed by atoms with Gasteiger partial charge in [-0.15, -0.1) is 11.3 Å². The van der Waals surface area contributed by atoms with Gasteiger partial charge in [0.05, 0.1) is 11.3 Å². The molecule has 0 fully saturated rings. The van der Waals surface area contributed by atoms with Gasteiger partial charge in [0.2, 0.25) is 0 Å². The van der Waals surface area contributed by atoms with Crippen molar-refractivity contribution in [1.82, 2.24) is 15.0 Å². The SMILES string of the molecule is O=C1CCCc2[nH]c(=O)c(-c3nc(-c4ccncc4)cs3)cc21. The Morgan fingerprint density at radius 2 is 1.91 bits per heavy atom. The molecular formula is C17H13N3O2S. The van der Waals surface area contributed by atoms with Gasteiger partial charge in [0.25, 0.3) is 5.56 Å². The first-order valence-corrected chi connectivity index (χ1v) is 8.26. The van der Waals surface area contributed by atoms with Crippen molar-refractivity contribution in [3.05, 3.63) is 57.6 Å². The van der Waals surface area contributed by atoms with Crippen molar-refractivity contribution in [3.8, 4) is 21.8 Å². The lowest BCUT2D eigenvalue weighted by atomic mass is 9.94. The van der Waals surface area contributed by atoms with E-state index >= 15 is 0 Å². The van der Waals surface area contributed by atoms with Crippen LogP contribution < -0.4 is 5.56 Å². The lowest BCUT2D eigenvalue weighted by molar-refractivity contribution is 0.0971. The predicted octanol–water partition coefficient (Wildman–Crippen LogP) is 3.08. The number of hydrogen-bond donors (Lipinski definition) is 1. The molecule has 0 radical (unpaired) electrons. The molecule has 4 rings (SSSR count). The van der Waals surface area contributed by atoms with E-state index in [9.17, 15) is 9.59 Å². The summed E-state index contributed by atoms with van der Waals surface area (Å²) in [5.74, 6) is 0.0923. The molecule has 0 aliphatic heterocycles. The molecular weight excluding hydrogens is 310 g/mol. The minimum atomic E-state index is -0.186. The molecule has 114 valence electrons. The quantitative estimate of drug-likeness (QED) is 0.786. The number of fused-ring (bicyclic) bond motifs is 1. The molecule has 3 aromatic rings. The zero-order valence-corrected chi connectivity index (χ0v) is 13.0. The number of rotatable bonds is 2. The van der Waals surface area contributed by atoms with Crippen molar-refractivity contribution in [2.45, 2.75) is 19.3 Å². The summed E-state index contributed by atoms with van der Waals surface area (Å²) in [6.07, 6.45) is 5.50. The molecule has 23 heavy (non-hydrogen) atoms. The zero-order valence-electron chi connectivity index (χ0n) is 12.2. The number of thiazole rings is 1. The second kappa shape index (κ2) is 5.55. The Hall–Kier alpha value is -2.60. The Morgan fingerprint density at radius 1 is 1.09 bits per heavy atom. The maximum atomic E-state index is 12.3. The number of H-pyrrole nitrogens is 1. The van der Waals surface area contributed by atoms with Gasteiger partial charge in [-0.25, -0.2) is 4.98 Å². The van der Waals surface area contributed by atoms with E-state index in [2.05, 4.69) is 15.0 Å². The summed E-state index contributed by atoms with van der Waals surface area (Å²) < 4.78 is 0. The lowest BCUT2D eigenvalue weighted by Crippen LogP contribution is -2.20. The van der Waals surface area contributed by atoms with Crippen LogP contribution in [0.25, 0.3) is 21.8 Å². The molecule has 1 aliphatic carbocycles.